The van der Waals surface area contributed by atoms with Crippen LogP contribution in [0.25, 0.3) is 0 Å². The van der Waals surface area contributed by atoms with Gasteiger partial charge in [0.15, 0.2) is 0 Å². The van der Waals surface area contributed by atoms with E-state index in [1.807, 2.05) is 35.2 Å². The minimum atomic E-state index is -0.137. The van der Waals surface area contributed by atoms with E-state index in [1.54, 1.807) is 29.4 Å². The molecule has 2 saturated heterocycles. The van der Waals surface area contributed by atoms with Gasteiger partial charge in [-0.1, -0.05) is 30.3 Å². The predicted molar refractivity (Wildman–Crippen MR) is 90.7 cm³/mol. The van der Waals surface area contributed by atoms with Gasteiger partial charge in [-0.25, -0.2) is 0 Å². The van der Waals surface area contributed by atoms with Crippen molar-refractivity contribution >= 4 is 11.8 Å². The molecule has 2 aliphatic heterocycles. The fourth-order valence-corrected chi connectivity index (χ4v) is 3.49. The second-order valence-corrected chi connectivity index (χ2v) is 6.38. The highest BCUT2D eigenvalue weighted by molar-refractivity contribution is 5.94. The highest BCUT2D eigenvalue weighted by atomic mass is 16.5. The Morgan fingerprint density at radius 2 is 2.00 bits per heavy atom. The van der Waals surface area contributed by atoms with Gasteiger partial charge in [-0.05, 0) is 17.7 Å². The van der Waals surface area contributed by atoms with Gasteiger partial charge in [-0.15, -0.1) is 0 Å². The molecule has 2 amide bonds. The summed E-state index contributed by atoms with van der Waals surface area (Å²) in [4.78, 5) is 32.6. The maximum atomic E-state index is 12.7. The van der Waals surface area contributed by atoms with E-state index in [9.17, 15) is 9.59 Å². The summed E-state index contributed by atoms with van der Waals surface area (Å²) in [5.41, 5.74) is 1.63. The molecule has 0 saturated carbocycles. The van der Waals surface area contributed by atoms with Crippen molar-refractivity contribution in [3.8, 4) is 0 Å². The van der Waals surface area contributed by atoms with E-state index in [4.69, 9.17) is 4.74 Å². The van der Waals surface area contributed by atoms with Gasteiger partial charge in [0.05, 0.1) is 17.7 Å². The van der Waals surface area contributed by atoms with Crippen LogP contribution in [-0.2, 0) is 16.1 Å². The summed E-state index contributed by atoms with van der Waals surface area (Å²) in [7, 11) is 0. The third-order valence-corrected chi connectivity index (χ3v) is 4.77. The molecule has 4 rings (SSSR count). The number of ether oxygens (including phenoxy) is 1. The van der Waals surface area contributed by atoms with Crippen molar-refractivity contribution in [1.29, 1.82) is 0 Å². The molecule has 0 aliphatic carbocycles. The maximum absolute atomic E-state index is 12.7. The van der Waals surface area contributed by atoms with Crippen molar-refractivity contribution in [3.05, 3.63) is 66.0 Å². The third-order valence-electron chi connectivity index (χ3n) is 4.77. The van der Waals surface area contributed by atoms with Crippen LogP contribution in [-0.4, -0.2) is 58.4 Å². The molecule has 2 fully saturated rings. The second-order valence-electron chi connectivity index (χ2n) is 6.38. The Hall–Kier alpha value is -2.73. The standard InChI is InChI=1S/C19H19N3O3/c23-18-13-25-17-12-21(19(24)15-7-4-8-20-9-15)11-16(17)22(18)10-14-5-2-1-3-6-14/h1-9,16-17H,10-13H2/t16-,17+/m1/s1. The molecule has 128 valence electrons. The smallest absolute Gasteiger partial charge is 0.255 e. The molecule has 1 aromatic carbocycles. The van der Waals surface area contributed by atoms with Crippen molar-refractivity contribution in [2.45, 2.75) is 18.7 Å². The number of hydrogen-bond donors (Lipinski definition) is 0. The number of hydrogen-bond acceptors (Lipinski definition) is 4. The Balaban J connectivity index is 1.52. The van der Waals surface area contributed by atoms with Crippen LogP contribution in [0.1, 0.15) is 15.9 Å². The Labute approximate surface area is 146 Å². The minimum absolute atomic E-state index is 0.0271. The number of aromatic nitrogens is 1. The summed E-state index contributed by atoms with van der Waals surface area (Å²) in [5, 5.41) is 0. The SMILES string of the molecule is O=C(c1cccnc1)N1C[C@@H]2OCC(=O)N(Cc3ccccc3)[C@@H]2C1. The summed E-state index contributed by atoms with van der Waals surface area (Å²) in [6.07, 6.45) is 3.07. The largest absolute Gasteiger partial charge is 0.364 e. The molecule has 0 unspecified atom stereocenters. The molecule has 0 N–H and O–H groups in total. The minimum Gasteiger partial charge on any atom is -0.364 e. The van der Waals surface area contributed by atoms with Gasteiger partial charge in [-0.2, -0.15) is 0 Å². The molecule has 6 nitrogen and oxygen atoms in total. The van der Waals surface area contributed by atoms with E-state index in [2.05, 4.69) is 4.98 Å². The zero-order valence-electron chi connectivity index (χ0n) is 13.7. The van der Waals surface area contributed by atoms with Crippen LogP contribution in [0.4, 0.5) is 0 Å². The molecule has 0 bridgehead atoms. The number of benzene rings is 1. The van der Waals surface area contributed by atoms with Gasteiger partial charge < -0.3 is 14.5 Å². The highest BCUT2D eigenvalue weighted by Gasteiger charge is 2.44. The first kappa shape index (κ1) is 15.8. The van der Waals surface area contributed by atoms with E-state index in [0.29, 0.717) is 25.2 Å². The Bertz CT molecular complexity index is 766. The quantitative estimate of drug-likeness (QED) is 0.848. The van der Waals surface area contributed by atoms with E-state index in [-0.39, 0.29) is 30.6 Å². The summed E-state index contributed by atoms with van der Waals surface area (Å²) in [6, 6.07) is 13.3. The van der Waals surface area contributed by atoms with Crippen molar-refractivity contribution in [1.82, 2.24) is 14.8 Å². The van der Waals surface area contributed by atoms with Crippen LogP contribution >= 0.6 is 0 Å². The average Bonchev–Trinajstić information content (AvgIpc) is 3.10. The lowest BCUT2D eigenvalue weighted by Crippen LogP contribution is -2.53. The molecule has 3 heterocycles. The summed E-state index contributed by atoms with van der Waals surface area (Å²) < 4.78 is 5.70. The van der Waals surface area contributed by atoms with Crippen LogP contribution in [0.3, 0.4) is 0 Å². The van der Waals surface area contributed by atoms with Crippen LogP contribution in [0.5, 0.6) is 0 Å². The zero-order chi connectivity index (χ0) is 17.2. The Morgan fingerprint density at radius 3 is 2.76 bits per heavy atom. The third kappa shape index (κ3) is 3.13. The maximum Gasteiger partial charge on any atom is 0.255 e. The molecule has 0 radical (unpaired) electrons. The molecule has 2 aromatic rings. The predicted octanol–water partition coefficient (Wildman–Crippen LogP) is 1.33. The Morgan fingerprint density at radius 1 is 1.16 bits per heavy atom. The van der Waals surface area contributed by atoms with Gasteiger partial charge in [0.25, 0.3) is 5.91 Å². The van der Waals surface area contributed by atoms with Crippen LogP contribution in [0, 0.1) is 0 Å². The lowest BCUT2D eigenvalue weighted by molar-refractivity contribution is -0.153. The van der Waals surface area contributed by atoms with Crippen LogP contribution in [0.15, 0.2) is 54.9 Å². The van der Waals surface area contributed by atoms with Gasteiger partial charge >= 0.3 is 0 Å². The molecule has 1 aromatic heterocycles. The Kier molecular flexibility index (Phi) is 4.19. The van der Waals surface area contributed by atoms with Gasteiger partial charge in [-0.3, -0.25) is 14.6 Å². The molecular formula is C19H19N3O3. The number of pyridine rings is 1. The normalized spacial score (nSPS) is 22.8. The van der Waals surface area contributed by atoms with Gasteiger partial charge in [0.1, 0.15) is 6.61 Å². The lowest BCUT2D eigenvalue weighted by Gasteiger charge is -2.36. The van der Waals surface area contributed by atoms with E-state index < -0.39 is 0 Å². The zero-order valence-corrected chi connectivity index (χ0v) is 13.7. The molecular weight excluding hydrogens is 318 g/mol. The topological polar surface area (TPSA) is 62.7 Å². The summed E-state index contributed by atoms with van der Waals surface area (Å²) in [5.74, 6) is -0.0982. The number of carbonyl (C=O) groups excluding carboxylic acids is 2. The first-order chi connectivity index (χ1) is 12.2. The van der Waals surface area contributed by atoms with E-state index in [0.717, 1.165) is 5.56 Å². The molecule has 25 heavy (non-hydrogen) atoms. The summed E-state index contributed by atoms with van der Waals surface area (Å²) >= 11 is 0. The molecule has 6 heteroatoms. The fourth-order valence-electron chi connectivity index (χ4n) is 3.49. The number of rotatable bonds is 3. The van der Waals surface area contributed by atoms with Crippen molar-refractivity contribution < 1.29 is 14.3 Å². The number of morpholine rings is 1. The fraction of sp³-hybridized carbons (Fsp3) is 0.316. The first-order valence-electron chi connectivity index (χ1n) is 8.36. The second kappa shape index (κ2) is 6.64. The number of amides is 2. The highest BCUT2D eigenvalue weighted by Crippen LogP contribution is 2.26. The molecule has 0 spiro atoms. The number of carbonyl (C=O) groups is 2. The molecule has 2 atom stereocenters. The van der Waals surface area contributed by atoms with Crippen molar-refractivity contribution in [3.63, 3.8) is 0 Å². The lowest BCUT2D eigenvalue weighted by atomic mass is 10.1. The van der Waals surface area contributed by atoms with E-state index in [1.165, 1.54) is 0 Å². The van der Waals surface area contributed by atoms with Crippen LogP contribution in [0.2, 0.25) is 0 Å². The monoisotopic (exact) mass is 337 g/mol. The van der Waals surface area contributed by atoms with Gasteiger partial charge in [0, 0.05) is 32.0 Å². The number of nitrogens with zero attached hydrogens (tertiary/aromatic N) is 3. The number of likely N-dealkylation sites (tertiary alicyclic amines) is 1. The van der Waals surface area contributed by atoms with Crippen LogP contribution < -0.4 is 0 Å². The van der Waals surface area contributed by atoms with Gasteiger partial charge in [0.2, 0.25) is 5.91 Å². The van der Waals surface area contributed by atoms with E-state index >= 15 is 0 Å². The van der Waals surface area contributed by atoms with Crippen molar-refractivity contribution in [2.24, 2.45) is 0 Å². The number of fused-ring (bicyclic) bond motifs is 1. The average molecular weight is 337 g/mol. The summed E-state index contributed by atoms with van der Waals surface area (Å²) in [6.45, 7) is 1.59. The molecule has 2 aliphatic rings. The first-order valence-corrected chi connectivity index (χ1v) is 8.36. The van der Waals surface area contributed by atoms with Crippen molar-refractivity contribution in [2.75, 3.05) is 19.7 Å².